The van der Waals surface area contributed by atoms with Gasteiger partial charge in [-0.2, -0.15) is 0 Å². The van der Waals surface area contributed by atoms with Crippen LogP contribution in [0.5, 0.6) is 0 Å². The van der Waals surface area contributed by atoms with Gasteiger partial charge in [0.1, 0.15) is 12.4 Å². The standard InChI is InChI=1S/C11H17N5O/c1-8(11(17)16-4-2-3-5-16)15-10-9(12)6-13-7-14-10/h6-8H,2-5,12H2,1H3,(H,13,14,15). The molecule has 1 amide bonds. The zero-order valence-electron chi connectivity index (χ0n) is 9.89. The molecule has 2 rings (SSSR count). The summed E-state index contributed by atoms with van der Waals surface area (Å²) in [5.74, 6) is 0.612. The second-order valence-electron chi connectivity index (χ2n) is 4.23. The van der Waals surface area contributed by atoms with E-state index in [1.165, 1.54) is 12.5 Å². The number of nitrogens with two attached hydrogens (primary N) is 1. The van der Waals surface area contributed by atoms with E-state index >= 15 is 0 Å². The van der Waals surface area contributed by atoms with Gasteiger partial charge in [-0.3, -0.25) is 4.79 Å². The SMILES string of the molecule is CC(Nc1ncncc1N)C(=O)N1CCCC1. The van der Waals surface area contributed by atoms with Gasteiger partial charge in [0.15, 0.2) is 5.82 Å². The van der Waals surface area contributed by atoms with Crippen LogP contribution in [0, 0.1) is 0 Å². The lowest BCUT2D eigenvalue weighted by atomic mass is 10.3. The van der Waals surface area contributed by atoms with Crippen LogP contribution in [-0.2, 0) is 4.79 Å². The second kappa shape index (κ2) is 4.99. The third-order valence-electron chi connectivity index (χ3n) is 2.88. The topological polar surface area (TPSA) is 84.1 Å². The van der Waals surface area contributed by atoms with Crippen LogP contribution in [0.3, 0.4) is 0 Å². The van der Waals surface area contributed by atoms with Gasteiger partial charge in [0.05, 0.1) is 11.9 Å². The van der Waals surface area contributed by atoms with Crippen LogP contribution < -0.4 is 11.1 Å². The average Bonchev–Trinajstić information content (AvgIpc) is 2.84. The van der Waals surface area contributed by atoms with Gasteiger partial charge in [0.2, 0.25) is 5.91 Å². The van der Waals surface area contributed by atoms with Gasteiger partial charge in [0.25, 0.3) is 0 Å². The third-order valence-corrected chi connectivity index (χ3v) is 2.88. The first-order chi connectivity index (χ1) is 8.18. The fourth-order valence-corrected chi connectivity index (χ4v) is 1.94. The Balaban J connectivity index is 1.99. The molecular weight excluding hydrogens is 218 g/mol. The van der Waals surface area contributed by atoms with Gasteiger partial charge in [-0.25, -0.2) is 9.97 Å². The van der Waals surface area contributed by atoms with Crippen LogP contribution in [0.1, 0.15) is 19.8 Å². The predicted octanol–water partition coefficient (Wildman–Crippen LogP) is 0.482. The van der Waals surface area contributed by atoms with Crippen LogP contribution in [0.25, 0.3) is 0 Å². The minimum Gasteiger partial charge on any atom is -0.394 e. The van der Waals surface area contributed by atoms with Crippen molar-refractivity contribution in [2.75, 3.05) is 24.1 Å². The molecule has 6 nitrogen and oxygen atoms in total. The van der Waals surface area contributed by atoms with E-state index in [9.17, 15) is 4.79 Å². The number of amides is 1. The van der Waals surface area contributed by atoms with Crippen LogP contribution in [0.15, 0.2) is 12.5 Å². The molecule has 6 heteroatoms. The summed E-state index contributed by atoms with van der Waals surface area (Å²) in [6.07, 6.45) is 5.11. The van der Waals surface area contributed by atoms with Gasteiger partial charge in [-0.15, -0.1) is 0 Å². The smallest absolute Gasteiger partial charge is 0.244 e. The maximum atomic E-state index is 12.0. The zero-order chi connectivity index (χ0) is 12.3. The Morgan fingerprint density at radius 3 is 2.88 bits per heavy atom. The third kappa shape index (κ3) is 2.64. The Bertz CT molecular complexity index is 403. The Labute approximate surface area is 100 Å². The highest BCUT2D eigenvalue weighted by Crippen LogP contribution is 2.15. The number of anilines is 2. The molecule has 1 aromatic heterocycles. The molecule has 3 N–H and O–H groups in total. The summed E-state index contributed by atoms with van der Waals surface area (Å²) in [6, 6.07) is -0.315. The molecule has 0 bridgehead atoms. The molecule has 1 aromatic rings. The van der Waals surface area contributed by atoms with E-state index < -0.39 is 0 Å². The quantitative estimate of drug-likeness (QED) is 0.796. The minimum atomic E-state index is -0.315. The summed E-state index contributed by atoms with van der Waals surface area (Å²) in [7, 11) is 0. The molecule has 1 fully saturated rings. The van der Waals surface area contributed by atoms with Crippen molar-refractivity contribution in [1.29, 1.82) is 0 Å². The molecule has 0 saturated carbocycles. The van der Waals surface area contributed by atoms with Crippen molar-refractivity contribution in [3.05, 3.63) is 12.5 Å². The van der Waals surface area contributed by atoms with E-state index in [0.717, 1.165) is 25.9 Å². The summed E-state index contributed by atoms with van der Waals surface area (Å²) in [5, 5.41) is 3.02. The number of carbonyl (C=O) groups excluding carboxylic acids is 1. The van der Waals surface area contributed by atoms with Gasteiger partial charge in [-0.1, -0.05) is 0 Å². The summed E-state index contributed by atoms with van der Waals surface area (Å²) >= 11 is 0. The maximum absolute atomic E-state index is 12.0. The van der Waals surface area contributed by atoms with Crippen molar-refractivity contribution in [3.63, 3.8) is 0 Å². The number of likely N-dealkylation sites (tertiary alicyclic amines) is 1. The molecule has 1 aliphatic rings. The van der Waals surface area contributed by atoms with Crippen molar-refractivity contribution in [2.24, 2.45) is 0 Å². The largest absolute Gasteiger partial charge is 0.394 e. The second-order valence-corrected chi connectivity index (χ2v) is 4.23. The van der Waals surface area contributed by atoms with Gasteiger partial charge >= 0.3 is 0 Å². The number of nitrogens with zero attached hydrogens (tertiary/aromatic N) is 3. The van der Waals surface area contributed by atoms with E-state index in [1.54, 1.807) is 0 Å². The highest BCUT2D eigenvalue weighted by molar-refractivity contribution is 5.85. The molecule has 17 heavy (non-hydrogen) atoms. The van der Waals surface area contributed by atoms with Crippen molar-refractivity contribution in [3.8, 4) is 0 Å². The molecule has 0 aliphatic carbocycles. The van der Waals surface area contributed by atoms with E-state index in [2.05, 4.69) is 15.3 Å². The first-order valence-electron chi connectivity index (χ1n) is 5.79. The molecule has 0 aromatic carbocycles. The Hall–Kier alpha value is -1.85. The molecule has 92 valence electrons. The normalized spacial score (nSPS) is 16.9. The maximum Gasteiger partial charge on any atom is 0.244 e. The van der Waals surface area contributed by atoms with E-state index in [1.807, 2.05) is 11.8 Å². The van der Waals surface area contributed by atoms with Gasteiger partial charge in [-0.05, 0) is 19.8 Å². The Morgan fingerprint density at radius 1 is 1.53 bits per heavy atom. The molecule has 1 atom stereocenters. The first kappa shape index (κ1) is 11.6. The van der Waals surface area contributed by atoms with Gasteiger partial charge in [0, 0.05) is 13.1 Å². The summed E-state index contributed by atoms with van der Waals surface area (Å²) in [5.41, 5.74) is 6.16. The fraction of sp³-hybridized carbons (Fsp3) is 0.545. The lowest BCUT2D eigenvalue weighted by Crippen LogP contribution is -2.39. The highest BCUT2D eigenvalue weighted by Gasteiger charge is 2.23. The zero-order valence-corrected chi connectivity index (χ0v) is 9.89. The van der Waals surface area contributed by atoms with Crippen LogP contribution in [0.4, 0.5) is 11.5 Å². The first-order valence-corrected chi connectivity index (χ1v) is 5.79. The van der Waals surface area contributed by atoms with Crippen LogP contribution >= 0.6 is 0 Å². The number of rotatable bonds is 3. The summed E-state index contributed by atoms with van der Waals surface area (Å²) in [6.45, 7) is 3.52. The number of nitrogens with one attached hydrogen (secondary N) is 1. The Kier molecular flexibility index (Phi) is 3.41. The van der Waals surface area contributed by atoms with Crippen LogP contribution in [-0.4, -0.2) is 39.9 Å². The summed E-state index contributed by atoms with van der Waals surface area (Å²) < 4.78 is 0. The molecule has 1 unspecified atom stereocenters. The molecule has 1 saturated heterocycles. The number of aromatic nitrogens is 2. The minimum absolute atomic E-state index is 0.0977. The number of carbonyl (C=O) groups is 1. The van der Waals surface area contributed by atoms with E-state index in [4.69, 9.17) is 5.73 Å². The molecule has 1 aliphatic heterocycles. The molecule has 0 spiro atoms. The molecule has 0 radical (unpaired) electrons. The number of nitrogen functional groups attached to an aromatic ring is 1. The van der Waals surface area contributed by atoms with Crippen molar-refractivity contribution in [1.82, 2.24) is 14.9 Å². The molecule has 2 heterocycles. The van der Waals surface area contributed by atoms with Crippen molar-refractivity contribution in [2.45, 2.75) is 25.8 Å². The van der Waals surface area contributed by atoms with Crippen molar-refractivity contribution < 1.29 is 4.79 Å². The van der Waals surface area contributed by atoms with E-state index in [-0.39, 0.29) is 11.9 Å². The van der Waals surface area contributed by atoms with E-state index in [0.29, 0.717) is 11.5 Å². The number of hydrogen-bond donors (Lipinski definition) is 2. The summed E-state index contributed by atoms with van der Waals surface area (Å²) in [4.78, 5) is 21.7. The number of hydrogen-bond acceptors (Lipinski definition) is 5. The predicted molar refractivity (Wildman–Crippen MR) is 65.3 cm³/mol. The van der Waals surface area contributed by atoms with Gasteiger partial charge < -0.3 is 16.0 Å². The Morgan fingerprint density at radius 2 is 2.24 bits per heavy atom. The lowest BCUT2D eigenvalue weighted by molar-refractivity contribution is -0.130. The average molecular weight is 235 g/mol. The lowest BCUT2D eigenvalue weighted by Gasteiger charge is -2.21. The van der Waals surface area contributed by atoms with Crippen LogP contribution in [0.2, 0.25) is 0 Å². The highest BCUT2D eigenvalue weighted by atomic mass is 16.2. The molecular formula is C11H17N5O. The van der Waals surface area contributed by atoms with Crippen molar-refractivity contribution >= 4 is 17.4 Å². The monoisotopic (exact) mass is 235 g/mol. The fourth-order valence-electron chi connectivity index (χ4n) is 1.94.